The van der Waals surface area contributed by atoms with E-state index < -0.39 is 17.7 Å². The van der Waals surface area contributed by atoms with Crippen molar-refractivity contribution in [2.24, 2.45) is 0 Å². The number of rotatable bonds is 8. The monoisotopic (exact) mass is 465 g/mol. The summed E-state index contributed by atoms with van der Waals surface area (Å²) < 4.78 is 10.5. The smallest absolute Gasteiger partial charge is 0.407 e. The van der Waals surface area contributed by atoms with Crippen molar-refractivity contribution in [1.82, 2.24) is 10.3 Å². The average molecular weight is 466 g/mol. The average Bonchev–Trinajstić information content (AvgIpc) is 3.14. The molecule has 0 radical (unpaired) electrons. The summed E-state index contributed by atoms with van der Waals surface area (Å²) in [5, 5.41) is 6.45. The number of aromatic nitrogens is 1. The molecule has 8 nitrogen and oxygen atoms in total. The second-order valence-corrected chi connectivity index (χ2v) is 8.81. The summed E-state index contributed by atoms with van der Waals surface area (Å²) in [7, 11) is 0. The Morgan fingerprint density at radius 2 is 1.76 bits per heavy atom. The number of amides is 2. The van der Waals surface area contributed by atoms with Crippen molar-refractivity contribution >= 4 is 34.6 Å². The molecule has 0 aliphatic rings. The van der Waals surface area contributed by atoms with Gasteiger partial charge < -0.3 is 25.1 Å². The van der Waals surface area contributed by atoms with Crippen LogP contribution in [0, 0.1) is 0 Å². The molecule has 8 heteroatoms. The summed E-state index contributed by atoms with van der Waals surface area (Å²) in [5.74, 6) is -0.659. The predicted octanol–water partition coefficient (Wildman–Crippen LogP) is 5.05. The number of fused-ring (bicyclic) bond motifs is 1. The molecule has 1 aromatic heterocycles. The third-order valence-corrected chi connectivity index (χ3v) is 4.95. The van der Waals surface area contributed by atoms with Crippen LogP contribution in [-0.4, -0.2) is 41.7 Å². The Balaban J connectivity index is 1.79. The van der Waals surface area contributed by atoms with E-state index in [0.29, 0.717) is 36.3 Å². The van der Waals surface area contributed by atoms with Crippen LogP contribution < -0.4 is 10.6 Å². The quantitative estimate of drug-likeness (QED) is 0.318. The molecule has 2 amide bonds. The molecule has 0 saturated heterocycles. The summed E-state index contributed by atoms with van der Waals surface area (Å²) in [6.45, 7) is 7.80. The molecule has 0 atom stereocenters. The molecule has 0 saturated carbocycles. The van der Waals surface area contributed by atoms with Gasteiger partial charge in [-0.05, 0) is 76.4 Å². The highest BCUT2D eigenvalue weighted by Gasteiger charge is 2.20. The van der Waals surface area contributed by atoms with Gasteiger partial charge in [-0.25, -0.2) is 9.59 Å². The van der Waals surface area contributed by atoms with E-state index in [1.807, 2.05) is 18.2 Å². The lowest BCUT2D eigenvalue weighted by Crippen LogP contribution is -2.33. The summed E-state index contributed by atoms with van der Waals surface area (Å²) in [4.78, 5) is 40.2. The van der Waals surface area contributed by atoms with Crippen LogP contribution in [0.1, 0.15) is 60.5 Å². The highest BCUT2D eigenvalue weighted by atomic mass is 16.6. The summed E-state index contributed by atoms with van der Waals surface area (Å²) in [6.07, 6.45) is 0.613. The Labute approximate surface area is 199 Å². The largest absolute Gasteiger partial charge is 0.461 e. The number of anilines is 1. The molecule has 3 N–H and O–H groups in total. The van der Waals surface area contributed by atoms with Crippen molar-refractivity contribution in [1.29, 1.82) is 0 Å². The second kappa shape index (κ2) is 10.9. The van der Waals surface area contributed by atoms with Crippen molar-refractivity contribution in [3.8, 4) is 0 Å². The van der Waals surface area contributed by atoms with Gasteiger partial charge in [-0.2, -0.15) is 0 Å². The van der Waals surface area contributed by atoms with Crippen LogP contribution in [0.15, 0.2) is 48.5 Å². The number of aromatic amines is 1. The van der Waals surface area contributed by atoms with Crippen molar-refractivity contribution < 1.29 is 23.9 Å². The summed E-state index contributed by atoms with van der Waals surface area (Å²) in [5.41, 5.74) is 2.51. The van der Waals surface area contributed by atoms with Crippen molar-refractivity contribution in [3.63, 3.8) is 0 Å². The van der Waals surface area contributed by atoms with Crippen LogP contribution in [-0.2, 0) is 15.9 Å². The maximum atomic E-state index is 12.6. The van der Waals surface area contributed by atoms with Crippen LogP contribution in [0.2, 0.25) is 0 Å². The molecule has 0 unspecified atom stereocenters. The highest BCUT2D eigenvalue weighted by Crippen LogP contribution is 2.28. The van der Waals surface area contributed by atoms with Crippen LogP contribution in [0.4, 0.5) is 10.5 Å². The zero-order valence-corrected chi connectivity index (χ0v) is 20.0. The molecule has 0 fully saturated rings. The van der Waals surface area contributed by atoms with Crippen molar-refractivity contribution in [2.75, 3.05) is 18.5 Å². The summed E-state index contributed by atoms with van der Waals surface area (Å²) in [6, 6.07) is 14.4. The van der Waals surface area contributed by atoms with Gasteiger partial charge in [0.2, 0.25) is 0 Å². The van der Waals surface area contributed by atoms with Crippen LogP contribution >= 0.6 is 0 Å². The highest BCUT2D eigenvalue weighted by molar-refractivity contribution is 6.06. The van der Waals surface area contributed by atoms with Gasteiger partial charge in [-0.1, -0.05) is 18.2 Å². The molecule has 0 spiro atoms. The first kappa shape index (κ1) is 24.8. The van der Waals surface area contributed by atoms with E-state index in [0.717, 1.165) is 16.5 Å². The maximum Gasteiger partial charge on any atom is 0.407 e. The maximum absolute atomic E-state index is 12.6. The van der Waals surface area contributed by atoms with E-state index >= 15 is 0 Å². The molecule has 3 rings (SSSR count). The first-order chi connectivity index (χ1) is 16.2. The van der Waals surface area contributed by atoms with E-state index in [4.69, 9.17) is 9.47 Å². The third kappa shape index (κ3) is 6.60. The number of nitrogens with one attached hydrogen (secondary N) is 3. The van der Waals surface area contributed by atoms with E-state index in [9.17, 15) is 14.4 Å². The first-order valence-electron chi connectivity index (χ1n) is 11.3. The first-order valence-corrected chi connectivity index (χ1v) is 11.3. The number of aryl methyl sites for hydroxylation is 1. The number of alkyl carbamates (subject to hydrolysis) is 1. The number of ether oxygens (including phenoxy) is 2. The Morgan fingerprint density at radius 1 is 1.03 bits per heavy atom. The van der Waals surface area contributed by atoms with Crippen LogP contribution in [0.5, 0.6) is 0 Å². The molecule has 0 aliphatic heterocycles. The van der Waals surface area contributed by atoms with E-state index in [2.05, 4.69) is 15.6 Å². The Morgan fingerprint density at radius 3 is 2.44 bits per heavy atom. The minimum Gasteiger partial charge on any atom is -0.461 e. The van der Waals surface area contributed by atoms with Gasteiger partial charge in [0.25, 0.3) is 5.91 Å². The molecule has 0 bridgehead atoms. The second-order valence-electron chi connectivity index (χ2n) is 8.81. The number of hydrogen-bond acceptors (Lipinski definition) is 5. The fourth-order valence-corrected chi connectivity index (χ4v) is 3.53. The standard InChI is InChI=1S/C26H31N3O5/c1-5-33-24(31)22-19(12-9-15-27-25(32)34-26(2,3)4)20-16-18(13-14-21(20)29-22)28-23(30)17-10-7-6-8-11-17/h6-8,10-11,13-14,16,29H,5,9,12,15H2,1-4H3,(H,27,32)(H,28,30). The number of H-pyrrole nitrogens is 1. The number of carbonyl (C=O) groups is 3. The molecule has 180 valence electrons. The lowest BCUT2D eigenvalue weighted by Gasteiger charge is -2.19. The van der Waals surface area contributed by atoms with Gasteiger partial charge >= 0.3 is 12.1 Å². The van der Waals surface area contributed by atoms with Gasteiger partial charge in [0.1, 0.15) is 11.3 Å². The number of benzene rings is 2. The molecule has 34 heavy (non-hydrogen) atoms. The molecule has 1 heterocycles. The zero-order chi connectivity index (χ0) is 24.7. The minimum absolute atomic E-state index is 0.218. The Bertz CT molecular complexity index is 1160. The van der Waals surface area contributed by atoms with Crippen molar-refractivity contribution in [3.05, 3.63) is 65.4 Å². The Kier molecular flexibility index (Phi) is 7.94. The summed E-state index contributed by atoms with van der Waals surface area (Å²) >= 11 is 0. The number of hydrogen-bond donors (Lipinski definition) is 3. The van der Waals surface area contributed by atoms with Gasteiger partial charge in [0.15, 0.2) is 0 Å². The van der Waals surface area contributed by atoms with Crippen LogP contribution in [0.25, 0.3) is 10.9 Å². The lowest BCUT2D eigenvalue weighted by atomic mass is 10.0. The van der Waals surface area contributed by atoms with Gasteiger partial charge in [0, 0.05) is 28.7 Å². The molecular weight excluding hydrogens is 434 g/mol. The fraction of sp³-hybridized carbons (Fsp3) is 0.346. The zero-order valence-electron chi connectivity index (χ0n) is 20.0. The molecule has 2 aromatic carbocycles. The fourth-order valence-electron chi connectivity index (χ4n) is 3.53. The predicted molar refractivity (Wildman–Crippen MR) is 131 cm³/mol. The Hall–Kier alpha value is -3.81. The van der Waals surface area contributed by atoms with Crippen LogP contribution in [0.3, 0.4) is 0 Å². The van der Waals surface area contributed by atoms with E-state index in [-0.39, 0.29) is 12.5 Å². The van der Waals surface area contributed by atoms with Gasteiger partial charge in [-0.15, -0.1) is 0 Å². The van der Waals surface area contributed by atoms with Crippen molar-refractivity contribution in [2.45, 2.75) is 46.1 Å². The SMILES string of the molecule is CCOC(=O)c1[nH]c2ccc(NC(=O)c3ccccc3)cc2c1CCCNC(=O)OC(C)(C)C. The lowest BCUT2D eigenvalue weighted by molar-refractivity contribution is 0.0509. The topological polar surface area (TPSA) is 110 Å². The minimum atomic E-state index is -0.571. The third-order valence-electron chi connectivity index (χ3n) is 4.95. The number of carbonyl (C=O) groups excluding carboxylic acids is 3. The molecule has 3 aromatic rings. The molecule has 0 aliphatic carbocycles. The molecular formula is C26H31N3O5. The normalized spacial score (nSPS) is 11.2. The van der Waals surface area contributed by atoms with Gasteiger partial charge in [0.05, 0.1) is 6.61 Å². The van der Waals surface area contributed by atoms with Gasteiger partial charge in [-0.3, -0.25) is 4.79 Å². The van der Waals surface area contributed by atoms with E-state index in [1.54, 1.807) is 58.0 Å². The number of esters is 1. The van der Waals surface area contributed by atoms with E-state index in [1.165, 1.54) is 0 Å².